The van der Waals surface area contributed by atoms with E-state index in [4.69, 9.17) is 4.74 Å². The Labute approximate surface area is 102 Å². The zero-order valence-corrected chi connectivity index (χ0v) is 11.6. The first kappa shape index (κ1) is 13.6. The minimum atomic E-state index is 0.140. The van der Waals surface area contributed by atoms with Crippen molar-refractivity contribution < 1.29 is 4.74 Å². The second-order valence-electron chi connectivity index (χ2n) is 4.99. The van der Waals surface area contributed by atoms with E-state index in [9.17, 15) is 0 Å². The van der Waals surface area contributed by atoms with Crippen molar-refractivity contribution >= 4 is 11.3 Å². The summed E-state index contributed by atoms with van der Waals surface area (Å²) < 4.78 is 5.01. The van der Waals surface area contributed by atoms with E-state index >= 15 is 0 Å². The highest BCUT2D eigenvalue weighted by Crippen LogP contribution is 2.26. The quantitative estimate of drug-likeness (QED) is 0.806. The predicted octanol–water partition coefficient (Wildman–Crippen LogP) is 2.74. The molecule has 1 rings (SSSR count). The van der Waals surface area contributed by atoms with Crippen LogP contribution in [0, 0.1) is 0 Å². The number of thiazole rings is 1. The van der Waals surface area contributed by atoms with Gasteiger partial charge in [0.15, 0.2) is 0 Å². The van der Waals surface area contributed by atoms with Gasteiger partial charge in [-0.1, -0.05) is 20.8 Å². The van der Waals surface area contributed by atoms with E-state index in [2.05, 4.69) is 43.4 Å². The largest absolute Gasteiger partial charge is 0.383 e. The fourth-order valence-corrected chi connectivity index (χ4v) is 2.37. The molecule has 4 heteroatoms. The van der Waals surface area contributed by atoms with E-state index in [0.29, 0.717) is 6.04 Å². The van der Waals surface area contributed by atoms with E-state index < -0.39 is 0 Å². The molecule has 0 saturated heterocycles. The van der Waals surface area contributed by atoms with Crippen LogP contribution < -0.4 is 5.32 Å². The SMILES string of the molecule is COCCNC(C)c1nc(C(C)(C)C)cs1. The topological polar surface area (TPSA) is 34.1 Å². The lowest BCUT2D eigenvalue weighted by Gasteiger charge is -2.15. The molecule has 0 bridgehead atoms. The zero-order valence-electron chi connectivity index (χ0n) is 10.8. The average Bonchev–Trinajstić information content (AvgIpc) is 2.66. The van der Waals surface area contributed by atoms with Crippen LogP contribution in [-0.4, -0.2) is 25.2 Å². The van der Waals surface area contributed by atoms with Gasteiger partial charge in [-0.05, 0) is 6.92 Å². The molecule has 1 aromatic rings. The number of hydrogen-bond donors (Lipinski definition) is 1. The average molecular weight is 242 g/mol. The molecule has 0 aliphatic carbocycles. The van der Waals surface area contributed by atoms with Gasteiger partial charge in [-0.3, -0.25) is 0 Å². The third-order valence-electron chi connectivity index (χ3n) is 2.42. The number of aromatic nitrogens is 1. The lowest BCUT2D eigenvalue weighted by Crippen LogP contribution is -2.23. The summed E-state index contributed by atoms with van der Waals surface area (Å²) in [5.74, 6) is 0. The fraction of sp³-hybridized carbons (Fsp3) is 0.750. The molecule has 0 fully saturated rings. The van der Waals surface area contributed by atoms with Gasteiger partial charge in [0.25, 0.3) is 0 Å². The molecule has 16 heavy (non-hydrogen) atoms. The number of rotatable bonds is 5. The van der Waals surface area contributed by atoms with Crippen molar-refractivity contribution in [1.82, 2.24) is 10.3 Å². The Morgan fingerprint density at radius 1 is 1.50 bits per heavy atom. The van der Waals surface area contributed by atoms with Crippen LogP contribution in [0.4, 0.5) is 0 Å². The monoisotopic (exact) mass is 242 g/mol. The van der Waals surface area contributed by atoms with E-state index in [-0.39, 0.29) is 5.41 Å². The summed E-state index contributed by atoms with van der Waals surface area (Å²) in [6, 6.07) is 0.302. The molecule has 0 aromatic carbocycles. The molecule has 0 aliphatic heterocycles. The Bertz CT molecular complexity index is 317. The van der Waals surface area contributed by atoms with Crippen LogP contribution in [0.3, 0.4) is 0 Å². The van der Waals surface area contributed by atoms with Crippen LogP contribution in [0.25, 0.3) is 0 Å². The molecule has 1 atom stereocenters. The Hall–Kier alpha value is -0.450. The van der Waals surface area contributed by atoms with E-state index in [1.165, 1.54) is 5.69 Å². The van der Waals surface area contributed by atoms with E-state index in [1.807, 2.05) is 0 Å². The number of hydrogen-bond acceptors (Lipinski definition) is 4. The molecule has 92 valence electrons. The molecule has 1 aromatic heterocycles. The first-order valence-electron chi connectivity index (χ1n) is 5.63. The van der Waals surface area contributed by atoms with Crippen LogP contribution >= 0.6 is 11.3 Å². The Morgan fingerprint density at radius 2 is 2.19 bits per heavy atom. The number of nitrogens with zero attached hydrogens (tertiary/aromatic N) is 1. The van der Waals surface area contributed by atoms with Crippen molar-refractivity contribution in [2.24, 2.45) is 0 Å². The molecule has 0 radical (unpaired) electrons. The van der Waals surface area contributed by atoms with Gasteiger partial charge in [0.1, 0.15) is 5.01 Å². The second-order valence-corrected chi connectivity index (χ2v) is 5.88. The third-order valence-corrected chi connectivity index (χ3v) is 3.44. The molecule has 0 aliphatic rings. The van der Waals surface area contributed by atoms with Crippen LogP contribution in [0.1, 0.15) is 44.4 Å². The molecule has 0 spiro atoms. The Balaban J connectivity index is 2.56. The number of methoxy groups -OCH3 is 1. The van der Waals surface area contributed by atoms with Crippen molar-refractivity contribution in [3.8, 4) is 0 Å². The maximum absolute atomic E-state index is 5.01. The Morgan fingerprint density at radius 3 is 2.69 bits per heavy atom. The molecule has 1 unspecified atom stereocenters. The Kier molecular flexibility index (Phi) is 4.89. The molecule has 1 N–H and O–H groups in total. The highest BCUT2D eigenvalue weighted by Gasteiger charge is 2.19. The van der Waals surface area contributed by atoms with Crippen molar-refractivity contribution in [2.75, 3.05) is 20.3 Å². The second kappa shape index (κ2) is 5.75. The molecule has 3 nitrogen and oxygen atoms in total. The van der Waals surface area contributed by atoms with E-state index in [0.717, 1.165) is 18.2 Å². The zero-order chi connectivity index (χ0) is 12.2. The lowest BCUT2D eigenvalue weighted by atomic mass is 9.93. The van der Waals surface area contributed by atoms with Gasteiger partial charge in [-0.25, -0.2) is 4.98 Å². The summed E-state index contributed by atoms with van der Waals surface area (Å²) in [7, 11) is 1.72. The van der Waals surface area contributed by atoms with Crippen LogP contribution in [-0.2, 0) is 10.2 Å². The van der Waals surface area contributed by atoms with Gasteiger partial charge >= 0.3 is 0 Å². The summed E-state index contributed by atoms with van der Waals surface area (Å²) in [6.07, 6.45) is 0. The van der Waals surface area contributed by atoms with Gasteiger partial charge in [-0.2, -0.15) is 0 Å². The van der Waals surface area contributed by atoms with Crippen LogP contribution in [0.5, 0.6) is 0 Å². The van der Waals surface area contributed by atoms with Crippen LogP contribution in [0.15, 0.2) is 5.38 Å². The summed E-state index contributed by atoms with van der Waals surface area (Å²) in [4.78, 5) is 4.68. The first-order valence-corrected chi connectivity index (χ1v) is 6.51. The molecular weight excluding hydrogens is 220 g/mol. The normalized spacial score (nSPS) is 14.1. The molecule has 1 heterocycles. The summed E-state index contributed by atoms with van der Waals surface area (Å²) >= 11 is 1.73. The maximum atomic E-state index is 5.01. The maximum Gasteiger partial charge on any atom is 0.110 e. The highest BCUT2D eigenvalue weighted by molar-refractivity contribution is 7.09. The summed E-state index contributed by atoms with van der Waals surface area (Å²) in [5.41, 5.74) is 1.31. The van der Waals surface area contributed by atoms with Crippen LogP contribution in [0.2, 0.25) is 0 Å². The highest BCUT2D eigenvalue weighted by atomic mass is 32.1. The predicted molar refractivity (Wildman–Crippen MR) is 69.1 cm³/mol. The molecule has 0 amide bonds. The summed E-state index contributed by atoms with van der Waals surface area (Å²) in [5, 5.41) is 6.70. The van der Waals surface area contributed by atoms with Gasteiger partial charge < -0.3 is 10.1 Å². The van der Waals surface area contributed by atoms with Crippen molar-refractivity contribution in [2.45, 2.75) is 39.2 Å². The minimum absolute atomic E-state index is 0.140. The minimum Gasteiger partial charge on any atom is -0.383 e. The number of ether oxygens (including phenoxy) is 1. The van der Waals surface area contributed by atoms with Crippen molar-refractivity contribution in [3.63, 3.8) is 0 Å². The number of nitrogens with one attached hydrogen (secondary N) is 1. The van der Waals surface area contributed by atoms with E-state index in [1.54, 1.807) is 18.4 Å². The van der Waals surface area contributed by atoms with Crippen molar-refractivity contribution in [3.05, 3.63) is 16.1 Å². The molecule has 0 saturated carbocycles. The molecular formula is C12H22N2OS. The van der Waals surface area contributed by atoms with Gasteiger partial charge in [0.05, 0.1) is 18.3 Å². The third kappa shape index (κ3) is 3.85. The lowest BCUT2D eigenvalue weighted by molar-refractivity contribution is 0.196. The van der Waals surface area contributed by atoms with Gasteiger partial charge in [-0.15, -0.1) is 11.3 Å². The van der Waals surface area contributed by atoms with Crippen molar-refractivity contribution in [1.29, 1.82) is 0 Å². The summed E-state index contributed by atoms with van der Waals surface area (Å²) in [6.45, 7) is 10.3. The smallest absolute Gasteiger partial charge is 0.110 e. The first-order chi connectivity index (χ1) is 7.45. The van der Waals surface area contributed by atoms with Gasteiger partial charge in [0, 0.05) is 24.4 Å². The van der Waals surface area contributed by atoms with Gasteiger partial charge in [0.2, 0.25) is 0 Å². The fourth-order valence-electron chi connectivity index (χ4n) is 1.30. The standard InChI is InChI=1S/C12H22N2OS/c1-9(13-6-7-15-5)11-14-10(8-16-11)12(2,3)4/h8-9,13H,6-7H2,1-5H3.